The second-order valence-corrected chi connectivity index (χ2v) is 2.62. The molecule has 0 heterocycles. The Hall–Kier alpha value is -1.27. The smallest absolute Gasteiger partial charge is 0.206 e. The molecule has 0 fully saturated rings. The standard InChI is InChI=1S/C8H3F7/c9-4-2-1-3(7(11)12)6(10)5(4)8(13,14)15/h1-2,7H. The summed E-state index contributed by atoms with van der Waals surface area (Å²) in [6.07, 6.45) is -8.76. The van der Waals surface area contributed by atoms with Crippen molar-refractivity contribution in [1.82, 2.24) is 0 Å². The number of hydrogen-bond donors (Lipinski definition) is 0. The fraction of sp³-hybridized carbons (Fsp3) is 0.250. The van der Waals surface area contributed by atoms with E-state index in [1.165, 1.54) is 0 Å². The summed E-state index contributed by atoms with van der Waals surface area (Å²) < 4.78 is 85.5. The van der Waals surface area contributed by atoms with E-state index >= 15 is 0 Å². The molecule has 0 aromatic heterocycles. The van der Waals surface area contributed by atoms with Crippen LogP contribution in [-0.4, -0.2) is 0 Å². The summed E-state index contributed by atoms with van der Waals surface area (Å²) in [5, 5.41) is 0. The van der Waals surface area contributed by atoms with Crippen molar-refractivity contribution in [3.63, 3.8) is 0 Å². The Morgan fingerprint density at radius 3 is 1.93 bits per heavy atom. The lowest BCUT2D eigenvalue weighted by atomic mass is 10.1. The van der Waals surface area contributed by atoms with Crippen molar-refractivity contribution in [2.24, 2.45) is 0 Å². The van der Waals surface area contributed by atoms with Gasteiger partial charge in [0.15, 0.2) is 0 Å². The van der Waals surface area contributed by atoms with Gasteiger partial charge < -0.3 is 0 Å². The monoisotopic (exact) mass is 232 g/mol. The molecule has 0 aliphatic carbocycles. The molecule has 0 aliphatic rings. The number of benzene rings is 1. The second-order valence-electron chi connectivity index (χ2n) is 2.62. The van der Waals surface area contributed by atoms with Crippen molar-refractivity contribution in [2.75, 3.05) is 0 Å². The molecule has 0 aliphatic heterocycles. The van der Waals surface area contributed by atoms with Crippen LogP contribution in [0.2, 0.25) is 0 Å². The zero-order chi connectivity index (χ0) is 11.8. The fourth-order valence-electron chi connectivity index (χ4n) is 0.997. The second kappa shape index (κ2) is 3.71. The van der Waals surface area contributed by atoms with Gasteiger partial charge in [-0.05, 0) is 12.1 Å². The highest BCUT2D eigenvalue weighted by atomic mass is 19.4. The lowest BCUT2D eigenvalue weighted by molar-refractivity contribution is -0.142. The third kappa shape index (κ3) is 2.21. The average molecular weight is 232 g/mol. The predicted octanol–water partition coefficient (Wildman–Crippen LogP) is 3.92. The maximum atomic E-state index is 12.8. The van der Waals surface area contributed by atoms with Gasteiger partial charge in [0.2, 0.25) is 0 Å². The Labute approximate surface area is 79.3 Å². The third-order valence-electron chi connectivity index (χ3n) is 1.64. The highest BCUT2D eigenvalue weighted by Crippen LogP contribution is 2.36. The minimum absolute atomic E-state index is 0.160. The first-order valence-electron chi connectivity index (χ1n) is 3.58. The van der Waals surface area contributed by atoms with E-state index in [2.05, 4.69) is 0 Å². The number of rotatable bonds is 1. The molecule has 0 radical (unpaired) electrons. The predicted molar refractivity (Wildman–Crippen MR) is 36.3 cm³/mol. The van der Waals surface area contributed by atoms with Crippen LogP contribution in [0.1, 0.15) is 17.6 Å². The van der Waals surface area contributed by atoms with Gasteiger partial charge in [-0.3, -0.25) is 0 Å². The Kier molecular flexibility index (Phi) is 2.92. The summed E-state index contributed by atoms with van der Waals surface area (Å²) in [4.78, 5) is 0. The molecule has 1 rings (SSSR count). The van der Waals surface area contributed by atoms with E-state index in [-0.39, 0.29) is 12.1 Å². The van der Waals surface area contributed by atoms with E-state index in [0.29, 0.717) is 0 Å². The zero-order valence-corrected chi connectivity index (χ0v) is 6.88. The van der Waals surface area contributed by atoms with Crippen LogP contribution in [0.4, 0.5) is 30.7 Å². The van der Waals surface area contributed by atoms with Crippen LogP contribution in [0.3, 0.4) is 0 Å². The van der Waals surface area contributed by atoms with Crippen molar-refractivity contribution in [2.45, 2.75) is 12.6 Å². The average Bonchev–Trinajstić information content (AvgIpc) is 2.00. The highest BCUT2D eigenvalue weighted by Gasteiger charge is 2.39. The highest BCUT2D eigenvalue weighted by molar-refractivity contribution is 5.30. The SMILES string of the molecule is Fc1ccc(C(F)F)c(F)c1C(F)(F)F. The van der Waals surface area contributed by atoms with Gasteiger partial charge in [0.1, 0.15) is 17.2 Å². The number of halogens is 7. The molecule has 0 saturated carbocycles. The Morgan fingerprint density at radius 2 is 1.53 bits per heavy atom. The molecular weight excluding hydrogens is 229 g/mol. The summed E-state index contributed by atoms with van der Waals surface area (Å²) in [6.45, 7) is 0. The summed E-state index contributed by atoms with van der Waals surface area (Å²) in [7, 11) is 0. The van der Waals surface area contributed by atoms with Gasteiger partial charge >= 0.3 is 6.18 Å². The van der Waals surface area contributed by atoms with Crippen LogP contribution in [0.15, 0.2) is 12.1 Å². The summed E-state index contributed by atoms with van der Waals surface area (Å²) in [5.41, 5.74) is -3.76. The molecule has 0 spiro atoms. The maximum Gasteiger partial charge on any atom is 0.422 e. The van der Waals surface area contributed by atoms with Gasteiger partial charge in [-0.15, -0.1) is 0 Å². The molecule has 0 saturated heterocycles. The topological polar surface area (TPSA) is 0 Å². The van der Waals surface area contributed by atoms with E-state index in [0.717, 1.165) is 0 Å². The van der Waals surface area contributed by atoms with Gasteiger partial charge in [-0.1, -0.05) is 0 Å². The van der Waals surface area contributed by atoms with Gasteiger partial charge in [-0.25, -0.2) is 17.6 Å². The lowest BCUT2D eigenvalue weighted by Gasteiger charge is -2.11. The summed E-state index contributed by atoms with van der Waals surface area (Å²) in [5.74, 6) is -4.18. The first-order valence-corrected chi connectivity index (χ1v) is 3.58. The van der Waals surface area contributed by atoms with Crippen molar-refractivity contribution in [3.05, 3.63) is 34.9 Å². The van der Waals surface area contributed by atoms with Crippen LogP contribution < -0.4 is 0 Å². The Morgan fingerprint density at radius 1 is 1.00 bits per heavy atom. The molecule has 15 heavy (non-hydrogen) atoms. The maximum absolute atomic E-state index is 12.8. The van der Waals surface area contributed by atoms with E-state index < -0.39 is 35.4 Å². The first-order chi connectivity index (χ1) is 6.75. The van der Waals surface area contributed by atoms with E-state index in [9.17, 15) is 30.7 Å². The molecule has 0 atom stereocenters. The third-order valence-corrected chi connectivity index (χ3v) is 1.64. The Bertz CT molecular complexity index is 366. The van der Waals surface area contributed by atoms with Crippen LogP contribution in [0.25, 0.3) is 0 Å². The van der Waals surface area contributed by atoms with Gasteiger partial charge in [0.05, 0.1) is 5.56 Å². The van der Waals surface area contributed by atoms with Gasteiger partial charge in [0, 0.05) is 0 Å². The summed E-state index contributed by atoms with van der Waals surface area (Å²) >= 11 is 0. The number of hydrogen-bond acceptors (Lipinski definition) is 0. The van der Waals surface area contributed by atoms with Crippen LogP contribution in [0, 0.1) is 11.6 Å². The molecular formula is C8H3F7. The molecule has 84 valence electrons. The molecule has 0 nitrogen and oxygen atoms in total. The molecule has 1 aromatic rings. The van der Waals surface area contributed by atoms with Gasteiger partial charge in [0.25, 0.3) is 6.43 Å². The van der Waals surface area contributed by atoms with Crippen LogP contribution in [0.5, 0.6) is 0 Å². The van der Waals surface area contributed by atoms with E-state index in [1.54, 1.807) is 0 Å². The van der Waals surface area contributed by atoms with Crippen molar-refractivity contribution >= 4 is 0 Å². The first kappa shape index (κ1) is 11.8. The van der Waals surface area contributed by atoms with Crippen LogP contribution in [-0.2, 0) is 6.18 Å². The molecule has 0 unspecified atom stereocenters. The lowest BCUT2D eigenvalue weighted by Crippen LogP contribution is -2.13. The molecule has 1 aromatic carbocycles. The van der Waals surface area contributed by atoms with Crippen molar-refractivity contribution in [3.8, 4) is 0 Å². The largest absolute Gasteiger partial charge is 0.422 e. The quantitative estimate of drug-likeness (QED) is 0.643. The van der Waals surface area contributed by atoms with Crippen LogP contribution >= 0.6 is 0 Å². The minimum atomic E-state index is -5.33. The minimum Gasteiger partial charge on any atom is -0.206 e. The molecule has 0 amide bonds. The molecule has 0 N–H and O–H groups in total. The van der Waals surface area contributed by atoms with Gasteiger partial charge in [-0.2, -0.15) is 13.2 Å². The number of alkyl halides is 5. The van der Waals surface area contributed by atoms with Crippen molar-refractivity contribution < 1.29 is 30.7 Å². The molecule has 7 heteroatoms. The van der Waals surface area contributed by atoms with E-state index in [4.69, 9.17) is 0 Å². The Balaban J connectivity index is 3.44. The zero-order valence-electron chi connectivity index (χ0n) is 6.88. The summed E-state index contributed by atoms with van der Waals surface area (Å²) in [6, 6.07) is 0.442. The normalized spacial score (nSPS) is 12.3. The fourth-order valence-corrected chi connectivity index (χ4v) is 0.997. The van der Waals surface area contributed by atoms with E-state index in [1.807, 2.05) is 0 Å². The van der Waals surface area contributed by atoms with Crippen molar-refractivity contribution in [1.29, 1.82) is 0 Å². The molecule has 0 bridgehead atoms.